The molecular formula is C22H30N2O3S. The first-order chi connectivity index (χ1) is 13.1. The molecule has 152 valence electrons. The maximum absolute atomic E-state index is 12.3. The number of nitrogens with zero attached hydrogens (tertiary/aromatic N) is 1. The van der Waals surface area contributed by atoms with Crippen LogP contribution in [0.2, 0.25) is 0 Å². The lowest BCUT2D eigenvalue weighted by atomic mass is 10.00. The van der Waals surface area contributed by atoms with Crippen molar-refractivity contribution < 1.29 is 13.2 Å². The molecule has 0 fully saturated rings. The lowest BCUT2D eigenvalue weighted by Crippen LogP contribution is -2.32. The molecule has 0 aromatic heterocycles. The molecule has 2 rings (SSSR count). The van der Waals surface area contributed by atoms with Gasteiger partial charge in [-0.15, -0.1) is 0 Å². The van der Waals surface area contributed by atoms with Crippen molar-refractivity contribution in [3.05, 3.63) is 64.7 Å². The van der Waals surface area contributed by atoms with Crippen molar-refractivity contribution >= 4 is 21.6 Å². The Labute approximate surface area is 168 Å². The SMILES string of the molecule is Cc1cccc(N(CCCC(=O)N[C@H](C)c2ccc(C)cc2C)S(C)(=O)=O)c1. The van der Waals surface area contributed by atoms with Crippen LogP contribution in [-0.4, -0.2) is 27.1 Å². The molecular weight excluding hydrogens is 372 g/mol. The van der Waals surface area contributed by atoms with Crippen molar-refractivity contribution in [2.24, 2.45) is 0 Å². The van der Waals surface area contributed by atoms with Crippen LogP contribution < -0.4 is 9.62 Å². The highest BCUT2D eigenvalue weighted by atomic mass is 32.2. The monoisotopic (exact) mass is 402 g/mol. The van der Waals surface area contributed by atoms with Gasteiger partial charge >= 0.3 is 0 Å². The van der Waals surface area contributed by atoms with Gasteiger partial charge in [-0.05, 0) is 62.9 Å². The summed E-state index contributed by atoms with van der Waals surface area (Å²) in [5.41, 5.74) is 5.06. The molecule has 1 N–H and O–H groups in total. The van der Waals surface area contributed by atoms with Gasteiger partial charge in [0.05, 0.1) is 18.0 Å². The minimum absolute atomic E-state index is 0.0785. The van der Waals surface area contributed by atoms with Gasteiger partial charge in [-0.3, -0.25) is 9.10 Å². The number of hydrogen-bond donors (Lipinski definition) is 1. The highest BCUT2D eigenvalue weighted by molar-refractivity contribution is 7.92. The third-order valence-electron chi connectivity index (χ3n) is 4.72. The van der Waals surface area contributed by atoms with Crippen LogP contribution in [0.1, 0.15) is 48.1 Å². The van der Waals surface area contributed by atoms with Crippen LogP contribution in [0.5, 0.6) is 0 Å². The lowest BCUT2D eigenvalue weighted by molar-refractivity contribution is -0.121. The Morgan fingerprint density at radius 2 is 1.75 bits per heavy atom. The van der Waals surface area contributed by atoms with Crippen LogP contribution in [0.25, 0.3) is 0 Å². The predicted molar refractivity (Wildman–Crippen MR) is 115 cm³/mol. The number of amides is 1. The summed E-state index contributed by atoms with van der Waals surface area (Å²) in [4.78, 5) is 12.3. The molecule has 28 heavy (non-hydrogen) atoms. The molecule has 2 aromatic carbocycles. The van der Waals surface area contributed by atoms with E-state index in [1.54, 1.807) is 6.07 Å². The van der Waals surface area contributed by atoms with E-state index in [0.717, 1.165) is 16.7 Å². The van der Waals surface area contributed by atoms with Crippen molar-refractivity contribution in [3.63, 3.8) is 0 Å². The second kappa shape index (κ2) is 9.24. The predicted octanol–water partition coefficient (Wildman–Crippen LogP) is 4.04. The maximum atomic E-state index is 12.3. The zero-order valence-corrected chi connectivity index (χ0v) is 18.1. The topological polar surface area (TPSA) is 66.5 Å². The number of rotatable bonds is 8. The fraction of sp³-hybridized carbons (Fsp3) is 0.409. The summed E-state index contributed by atoms with van der Waals surface area (Å²) < 4.78 is 25.7. The first kappa shape index (κ1) is 22.0. The normalized spacial score (nSPS) is 12.5. The number of benzene rings is 2. The Morgan fingerprint density at radius 3 is 2.36 bits per heavy atom. The summed E-state index contributed by atoms with van der Waals surface area (Å²) in [7, 11) is -3.41. The van der Waals surface area contributed by atoms with Gasteiger partial charge in [0.25, 0.3) is 0 Å². The fourth-order valence-electron chi connectivity index (χ4n) is 3.36. The van der Waals surface area contributed by atoms with E-state index in [0.29, 0.717) is 12.1 Å². The van der Waals surface area contributed by atoms with Crippen molar-refractivity contribution in [2.75, 3.05) is 17.1 Å². The first-order valence-electron chi connectivity index (χ1n) is 9.49. The van der Waals surface area contributed by atoms with Gasteiger partial charge in [0.1, 0.15) is 0 Å². The minimum atomic E-state index is -3.41. The number of carbonyl (C=O) groups excluding carboxylic acids is 1. The highest BCUT2D eigenvalue weighted by Gasteiger charge is 2.18. The van der Waals surface area contributed by atoms with Crippen LogP contribution >= 0.6 is 0 Å². The largest absolute Gasteiger partial charge is 0.350 e. The van der Waals surface area contributed by atoms with Crippen LogP contribution in [-0.2, 0) is 14.8 Å². The number of hydrogen-bond acceptors (Lipinski definition) is 3. The smallest absolute Gasteiger partial charge is 0.232 e. The minimum Gasteiger partial charge on any atom is -0.350 e. The molecule has 0 saturated carbocycles. The molecule has 0 unspecified atom stereocenters. The number of sulfonamides is 1. The molecule has 0 aliphatic heterocycles. The molecule has 0 saturated heterocycles. The summed E-state index contributed by atoms with van der Waals surface area (Å²) in [6.07, 6.45) is 1.91. The summed E-state index contributed by atoms with van der Waals surface area (Å²) in [6.45, 7) is 8.24. The number of carbonyl (C=O) groups is 1. The van der Waals surface area contributed by atoms with Gasteiger partial charge in [0.15, 0.2) is 0 Å². The third-order valence-corrected chi connectivity index (χ3v) is 5.92. The maximum Gasteiger partial charge on any atom is 0.232 e. The molecule has 0 bridgehead atoms. The Kier molecular flexibility index (Phi) is 7.24. The molecule has 0 spiro atoms. The van der Waals surface area contributed by atoms with Crippen molar-refractivity contribution in [1.82, 2.24) is 5.32 Å². The second-order valence-corrected chi connectivity index (χ2v) is 9.33. The fourth-order valence-corrected chi connectivity index (χ4v) is 4.31. The zero-order chi connectivity index (χ0) is 20.9. The van der Waals surface area contributed by atoms with Crippen LogP contribution in [0.15, 0.2) is 42.5 Å². The molecule has 2 aromatic rings. The Balaban J connectivity index is 1.95. The quantitative estimate of drug-likeness (QED) is 0.725. The van der Waals surface area contributed by atoms with E-state index in [1.165, 1.54) is 16.1 Å². The molecule has 0 aliphatic carbocycles. The van der Waals surface area contributed by atoms with Crippen molar-refractivity contribution in [2.45, 2.75) is 46.6 Å². The highest BCUT2D eigenvalue weighted by Crippen LogP contribution is 2.21. The number of anilines is 1. The molecule has 0 heterocycles. The van der Waals surface area contributed by atoms with E-state index in [9.17, 15) is 13.2 Å². The van der Waals surface area contributed by atoms with E-state index < -0.39 is 10.0 Å². The van der Waals surface area contributed by atoms with Gasteiger partial charge < -0.3 is 5.32 Å². The van der Waals surface area contributed by atoms with Gasteiger partial charge in [-0.25, -0.2) is 8.42 Å². The van der Waals surface area contributed by atoms with E-state index in [-0.39, 0.29) is 24.9 Å². The van der Waals surface area contributed by atoms with Gasteiger partial charge in [0, 0.05) is 13.0 Å². The van der Waals surface area contributed by atoms with Crippen LogP contribution in [0.4, 0.5) is 5.69 Å². The summed E-state index contributed by atoms with van der Waals surface area (Å²) >= 11 is 0. The molecule has 0 aliphatic rings. The summed E-state index contributed by atoms with van der Waals surface area (Å²) in [5, 5.41) is 3.01. The molecule has 1 atom stereocenters. The van der Waals surface area contributed by atoms with Crippen molar-refractivity contribution in [1.29, 1.82) is 0 Å². The standard InChI is InChI=1S/C22H30N2O3S/c1-16-8-6-9-20(15-16)24(28(5,26)27)13-7-10-22(25)23-19(4)21-12-11-17(2)14-18(21)3/h6,8-9,11-12,14-15,19H,7,10,13H2,1-5H3,(H,23,25)/t19-/m1/s1. The Hall–Kier alpha value is -2.34. The third kappa shape index (κ3) is 6.09. The van der Waals surface area contributed by atoms with Crippen molar-refractivity contribution in [3.8, 4) is 0 Å². The summed E-state index contributed by atoms with van der Waals surface area (Å²) in [5.74, 6) is -0.0785. The molecule has 0 radical (unpaired) electrons. The zero-order valence-electron chi connectivity index (χ0n) is 17.3. The summed E-state index contributed by atoms with van der Waals surface area (Å²) in [6, 6.07) is 13.5. The molecule has 5 nitrogen and oxygen atoms in total. The Morgan fingerprint density at radius 1 is 1.07 bits per heavy atom. The average Bonchev–Trinajstić information content (AvgIpc) is 2.57. The second-order valence-electron chi connectivity index (χ2n) is 7.43. The van der Waals surface area contributed by atoms with Crippen LogP contribution in [0.3, 0.4) is 0 Å². The first-order valence-corrected chi connectivity index (χ1v) is 11.3. The Bertz CT molecular complexity index is 939. The van der Waals surface area contributed by atoms with E-state index in [1.807, 2.05) is 58.0 Å². The van der Waals surface area contributed by atoms with E-state index in [4.69, 9.17) is 0 Å². The van der Waals surface area contributed by atoms with Gasteiger partial charge in [0.2, 0.25) is 15.9 Å². The van der Waals surface area contributed by atoms with Crippen LogP contribution in [0, 0.1) is 20.8 Å². The van der Waals surface area contributed by atoms with Gasteiger partial charge in [-0.2, -0.15) is 0 Å². The lowest BCUT2D eigenvalue weighted by Gasteiger charge is -2.23. The number of nitrogens with one attached hydrogen (secondary N) is 1. The van der Waals surface area contributed by atoms with E-state index >= 15 is 0 Å². The van der Waals surface area contributed by atoms with Gasteiger partial charge in [-0.1, -0.05) is 35.9 Å². The molecule has 6 heteroatoms. The molecule has 1 amide bonds. The van der Waals surface area contributed by atoms with E-state index in [2.05, 4.69) is 11.4 Å². The number of aryl methyl sites for hydroxylation is 3. The average molecular weight is 403 g/mol.